The zero-order chi connectivity index (χ0) is 21.7. The van der Waals surface area contributed by atoms with E-state index in [0.29, 0.717) is 11.1 Å². The first-order chi connectivity index (χ1) is 13.1. The van der Waals surface area contributed by atoms with E-state index in [2.05, 4.69) is 10.1 Å². The van der Waals surface area contributed by atoms with Crippen molar-refractivity contribution in [1.82, 2.24) is 10.1 Å². The molecule has 1 heterocycles. The molecule has 1 aliphatic carbocycles. The van der Waals surface area contributed by atoms with Crippen LogP contribution in [0.25, 0.3) is 11.4 Å². The number of hydrogen-bond acceptors (Lipinski definition) is 7. The van der Waals surface area contributed by atoms with E-state index in [9.17, 15) is 28.4 Å². The van der Waals surface area contributed by atoms with Crippen LogP contribution in [0.2, 0.25) is 0 Å². The number of alkyl halides is 3. The summed E-state index contributed by atoms with van der Waals surface area (Å²) in [6.07, 6.45) is -5.80. The Morgan fingerprint density at radius 3 is 2.36 bits per heavy atom. The topological polar surface area (TPSA) is 123 Å². The monoisotopic (exact) mass is 405 g/mol. The molecule has 0 unspecified atom stereocenters. The first kappa shape index (κ1) is 23.5. The van der Waals surface area contributed by atoms with E-state index in [1.54, 1.807) is 13.0 Å². The number of aryl methyl sites for hydroxylation is 1. The van der Waals surface area contributed by atoms with Gasteiger partial charge in [0.15, 0.2) is 5.60 Å². The zero-order valence-corrected chi connectivity index (χ0v) is 15.8. The maximum absolute atomic E-state index is 12.6. The van der Waals surface area contributed by atoms with E-state index < -0.39 is 35.5 Å². The van der Waals surface area contributed by atoms with E-state index in [1.165, 1.54) is 12.1 Å². The molecule has 28 heavy (non-hydrogen) atoms. The lowest BCUT2D eigenvalue weighted by molar-refractivity contribution is -0.385. The average Bonchev–Trinajstić information content (AvgIpc) is 3.11. The maximum Gasteiger partial charge on any atom is 0.417 e. The average molecular weight is 405 g/mol. The van der Waals surface area contributed by atoms with Crippen molar-refractivity contribution in [3.05, 3.63) is 39.8 Å². The Morgan fingerprint density at radius 1 is 1.29 bits per heavy atom. The van der Waals surface area contributed by atoms with Gasteiger partial charge in [0.25, 0.3) is 5.69 Å². The van der Waals surface area contributed by atoms with Crippen LogP contribution in [-0.2, 0) is 0 Å². The smallest absolute Gasteiger partial charge is 0.400 e. The van der Waals surface area contributed by atoms with Crippen molar-refractivity contribution in [2.75, 3.05) is 7.11 Å². The van der Waals surface area contributed by atoms with Gasteiger partial charge < -0.3 is 14.7 Å². The molecule has 8 nitrogen and oxygen atoms in total. The third kappa shape index (κ3) is 4.65. The molecular formula is C17H22F3N3O5. The minimum Gasteiger partial charge on any atom is -0.400 e. The molecule has 2 N–H and O–H groups in total. The number of aromatic nitrogens is 2. The van der Waals surface area contributed by atoms with Crippen LogP contribution in [0.1, 0.15) is 44.1 Å². The summed E-state index contributed by atoms with van der Waals surface area (Å²) in [6, 6.07) is 4.36. The second-order valence-corrected chi connectivity index (χ2v) is 5.85. The van der Waals surface area contributed by atoms with E-state index in [0.717, 1.165) is 7.11 Å². The number of nitro benzene ring substituents is 1. The van der Waals surface area contributed by atoms with Crippen LogP contribution in [-0.4, -0.2) is 44.2 Å². The Hall–Kier alpha value is -2.53. The summed E-state index contributed by atoms with van der Waals surface area (Å²) in [5, 5.41) is 31.0. The molecule has 0 atom stereocenters. The highest BCUT2D eigenvalue weighted by Gasteiger charge is 2.62. The fourth-order valence-electron chi connectivity index (χ4n) is 2.62. The largest absolute Gasteiger partial charge is 0.417 e. The van der Waals surface area contributed by atoms with Gasteiger partial charge in [-0.15, -0.1) is 0 Å². The van der Waals surface area contributed by atoms with Gasteiger partial charge >= 0.3 is 6.18 Å². The Balaban J connectivity index is 0.000000921. The molecule has 1 fully saturated rings. The van der Waals surface area contributed by atoms with E-state index >= 15 is 0 Å². The molecule has 0 radical (unpaired) electrons. The Labute approximate surface area is 159 Å². The van der Waals surface area contributed by atoms with Gasteiger partial charge in [0, 0.05) is 30.2 Å². The van der Waals surface area contributed by atoms with Crippen LogP contribution in [0.15, 0.2) is 22.7 Å². The van der Waals surface area contributed by atoms with Crippen LogP contribution in [0.4, 0.5) is 18.9 Å². The SMILES string of the molecule is CC.CO.Cc1ccc(-c2noc(C3CC(O)(C(F)(F)F)C3)n2)cc1[N+](=O)[O-]. The number of nitrogens with zero attached hydrogens (tertiary/aromatic N) is 3. The van der Waals surface area contributed by atoms with Gasteiger partial charge in [-0.2, -0.15) is 18.2 Å². The molecule has 0 saturated heterocycles. The lowest BCUT2D eigenvalue weighted by Gasteiger charge is -2.42. The molecule has 0 bridgehead atoms. The maximum atomic E-state index is 12.6. The van der Waals surface area contributed by atoms with Crippen LogP contribution >= 0.6 is 0 Å². The summed E-state index contributed by atoms with van der Waals surface area (Å²) < 4.78 is 42.8. The second-order valence-electron chi connectivity index (χ2n) is 5.85. The predicted molar refractivity (Wildman–Crippen MR) is 93.6 cm³/mol. The number of nitro groups is 1. The molecule has 3 rings (SSSR count). The van der Waals surface area contributed by atoms with Crippen molar-refractivity contribution in [2.24, 2.45) is 0 Å². The second kappa shape index (κ2) is 9.11. The molecule has 1 saturated carbocycles. The highest BCUT2D eigenvalue weighted by atomic mass is 19.4. The van der Waals surface area contributed by atoms with Gasteiger partial charge in [-0.05, 0) is 19.8 Å². The van der Waals surface area contributed by atoms with Gasteiger partial charge in [0.2, 0.25) is 11.7 Å². The predicted octanol–water partition coefficient (Wildman–Crippen LogP) is 3.76. The van der Waals surface area contributed by atoms with Gasteiger partial charge in [-0.1, -0.05) is 31.1 Å². The highest BCUT2D eigenvalue weighted by molar-refractivity contribution is 5.60. The molecule has 156 valence electrons. The third-order valence-corrected chi connectivity index (χ3v) is 4.15. The molecule has 0 amide bonds. The standard InChI is InChI=1S/C14H12F3N3O4.C2H6.CH4O/c1-7-2-3-8(4-10(7)20(22)23)11-18-12(24-19-11)9-5-13(21,6-9)14(15,16)17;2*1-2/h2-4,9,21H,5-6H2,1H3;1-2H3;2H,1H3. The first-order valence-electron chi connectivity index (χ1n) is 8.43. The molecule has 11 heteroatoms. The Morgan fingerprint density at radius 2 is 1.86 bits per heavy atom. The van der Waals surface area contributed by atoms with Crippen molar-refractivity contribution in [2.45, 2.75) is 51.3 Å². The van der Waals surface area contributed by atoms with Crippen molar-refractivity contribution >= 4 is 5.69 Å². The number of halogens is 3. The summed E-state index contributed by atoms with van der Waals surface area (Å²) >= 11 is 0. The van der Waals surface area contributed by atoms with E-state index in [4.69, 9.17) is 9.63 Å². The summed E-state index contributed by atoms with van der Waals surface area (Å²) in [4.78, 5) is 14.4. The fraction of sp³-hybridized carbons (Fsp3) is 0.529. The van der Waals surface area contributed by atoms with Gasteiger partial charge in [0.05, 0.1) is 4.92 Å². The van der Waals surface area contributed by atoms with Crippen molar-refractivity contribution in [3.8, 4) is 11.4 Å². The molecule has 0 spiro atoms. The first-order valence-corrected chi connectivity index (χ1v) is 8.43. The number of benzene rings is 1. The number of hydrogen-bond donors (Lipinski definition) is 2. The van der Waals surface area contributed by atoms with E-state index in [-0.39, 0.29) is 17.4 Å². The summed E-state index contributed by atoms with van der Waals surface area (Å²) in [7, 11) is 1.00. The quantitative estimate of drug-likeness (QED) is 0.589. The normalized spacial score (nSPS) is 20.8. The minimum absolute atomic E-state index is 0.0258. The molecule has 1 aliphatic rings. The lowest BCUT2D eigenvalue weighted by Crippen LogP contribution is -2.54. The van der Waals surface area contributed by atoms with Crippen LogP contribution in [0.3, 0.4) is 0 Å². The number of aliphatic hydroxyl groups is 2. The van der Waals surface area contributed by atoms with Crippen LogP contribution in [0, 0.1) is 17.0 Å². The van der Waals surface area contributed by atoms with Crippen molar-refractivity contribution < 1.29 is 32.8 Å². The summed E-state index contributed by atoms with van der Waals surface area (Å²) in [5.41, 5.74) is -2.06. The lowest BCUT2D eigenvalue weighted by atomic mass is 9.70. The van der Waals surface area contributed by atoms with Gasteiger partial charge in [-0.3, -0.25) is 10.1 Å². The highest BCUT2D eigenvalue weighted by Crippen LogP contribution is 2.52. The third-order valence-electron chi connectivity index (χ3n) is 4.15. The van der Waals surface area contributed by atoms with Crippen LogP contribution < -0.4 is 0 Å². The van der Waals surface area contributed by atoms with Gasteiger partial charge in [0.1, 0.15) is 0 Å². The van der Waals surface area contributed by atoms with Crippen molar-refractivity contribution in [1.29, 1.82) is 0 Å². The molecule has 2 aromatic rings. The molecule has 1 aromatic carbocycles. The van der Waals surface area contributed by atoms with Crippen molar-refractivity contribution in [3.63, 3.8) is 0 Å². The molecule has 0 aliphatic heterocycles. The number of rotatable bonds is 3. The molecule has 1 aromatic heterocycles. The minimum atomic E-state index is -4.70. The Kier molecular flexibility index (Phi) is 7.65. The fourth-order valence-corrected chi connectivity index (χ4v) is 2.62. The zero-order valence-electron chi connectivity index (χ0n) is 15.8. The molecular weight excluding hydrogens is 383 g/mol. The summed E-state index contributed by atoms with van der Waals surface area (Å²) in [5.74, 6) is -0.670. The number of aliphatic hydroxyl groups excluding tert-OH is 1. The van der Waals surface area contributed by atoms with Gasteiger partial charge in [-0.25, -0.2) is 0 Å². The van der Waals surface area contributed by atoms with E-state index in [1.807, 2.05) is 13.8 Å². The van der Waals surface area contributed by atoms with Crippen LogP contribution in [0.5, 0.6) is 0 Å². The Bertz CT molecular complexity index is 802. The summed E-state index contributed by atoms with van der Waals surface area (Å²) in [6.45, 7) is 5.58.